The second kappa shape index (κ2) is 5.63. The summed E-state index contributed by atoms with van der Waals surface area (Å²) < 4.78 is 5.81. The number of benzene rings is 1. The summed E-state index contributed by atoms with van der Waals surface area (Å²) in [6, 6.07) is 10.7. The Morgan fingerprint density at radius 3 is 3.00 bits per heavy atom. The van der Waals surface area contributed by atoms with Crippen LogP contribution in [0.3, 0.4) is 0 Å². The highest BCUT2D eigenvalue weighted by atomic mass is 16.5. The number of rotatable bonds is 3. The van der Waals surface area contributed by atoms with E-state index in [1.54, 1.807) is 0 Å². The number of hydrogen-bond donors (Lipinski definition) is 1. The molecule has 0 radical (unpaired) electrons. The number of fused-ring (bicyclic) bond motifs is 1. The van der Waals surface area contributed by atoms with E-state index in [0.717, 1.165) is 31.0 Å². The molecule has 1 atom stereocenters. The summed E-state index contributed by atoms with van der Waals surface area (Å²) in [7, 11) is 0. The van der Waals surface area contributed by atoms with E-state index in [9.17, 15) is 0 Å². The SMILES string of the molecule is Cc1cc(C)c2c(c1)OCCC2NCc1ccccn1. The van der Waals surface area contributed by atoms with Gasteiger partial charge in [-0.15, -0.1) is 0 Å². The molecule has 1 aliphatic heterocycles. The van der Waals surface area contributed by atoms with E-state index in [2.05, 4.69) is 42.3 Å². The molecule has 1 aromatic carbocycles. The van der Waals surface area contributed by atoms with E-state index in [0.29, 0.717) is 6.04 Å². The molecule has 2 aromatic rings. The monoisotopic (exact) mass is 268 g/mol. The topological polar surface area (TPSA) is 34.1 Å². The number of hydrogen-bond acceptors (Lipinski definition) is 3. The predicted molar refractivity (Wildman–Crippen MR) is 79.8 cm³/mol. The third kappa shape index (κ3) is 2.68. The van der Waals surface area contributed by atoms with Crippen molar-refractivity contribution in [2.24, 2.45) is 0 Å². The van der Waals surface area contributed by atoms with Crippen LogP contribution in [0.1, 0.15) is 34.8 Å². The van der Waals surface area contributed by atoms with Crippen LogP contribution in [-0.2, 0) is 6.54 Å². The first kappa shape index (κ1) is 13.1. The smallest absolute Gasteiger partial charge is 0.124 e. The van der Waals surface area contributed by atoms with E-state index >= 15 is 0 Å². The highest BCUT2D eigenvalue weighted by Crippen LogP contribution is 2.35. The maximum Gasteiger partial charge on any atom is 0.124 e. The van der Waals surface area contributed by atoms with Crippen molar-refractivity contribution in [1.82, 2.24) is 10.3 Å². The van der Waals surface area contributed by atoms with Crippen molar-refractivity contribution in [2.45, 2.75) is 32.9 Å². The molecule has 0 saturated heterocycles. The van der Waals surface area contributed by atoms with Crippen LogP contribution in [0.5, 0.6) is 5.75 Å². The Kier molecular flexibility index (Phi) is 3.70. The molecular weight excluding hydrogens is 248 g/mol. The van der Waals surface area contributed by atoms with Gasteiger partial charge >= 0.3 is 0 Å². The minimum absolute atomic E-state index is 0.348. The molecular formula is C17H20N2O. The normalized spacial score (nSPS) is 17.4. The minimum Gasteiger partial charge on any atom is -0.493 e. The minimum atomic E-state index is 0.348. The molecule has 2 heterocycles. The van der Waals surface area contributed by atoms with Crippen molar-refractivity contribution >= 4 is 0 Å². The molecule has 0 fully saturated rings. The zero-order chi connectivity index (χ0) is 13.9. The first-order valence-electron chi connectivity index (χ1n) is 7.11. The molecule has 104 valence electrons. The third-order valence-corrected chi connectivity index (χ3v) is 3.76. The van der Waals surface area contributed by atoms with Gasteiger partial charge in [-0.2, -0.15) is 0 Å². The van der Waals surface area contributed by atoms with Crippen LogP contribution in [0, 0.1) is 13.8 Å². The Morgan fingerprint density at radius 2 is 2.20 bits per heavy atom. The summed E-state index contributed by atoms with van der Waals surface area (Å²) in [5.74, 6) is 1.03. The van der Waals surface area contributed by atoms with Gasteiger partial charge in [0.2, 0.25) is 0 Å². The van der Waals surface area contributed by atoms with Gasteiger partial charge in [0, 0.05) is 30.8 Å². The summed E-state index contributed by atoms with van der Waals surface area (Å²) in [4.78, 5) is 4.36. The maximum atomic E-state index is 5.81. The standard InChI is InChI=1S/C17H20N2O/c1-12-9-13(2)17-15(6-8-20-16(17)10-12)19-11-14-5-3-4-7-18-14/h3-5,7,9-10,15,19H,6,8,11H2,1-2H3. The summed E-state index contributed by atoms with van der Waals surface area (Å²) in [5, 5.41) is 3.61. The molecule has 3 nitrogen and oxygen atoms in total. The molecule has 1 N–H and O–H groups in total. The quantitative estimate of drug-likeness (QED) is 0.927. The fourth-order valence-corrected chi connectivity index (χ4v) is 2.87. The second-order valence-electron chi connectivity index (χ2n) is 5.39. The second-order valence-corrected chi connectivity index (χ2v) is 5.39. The van der Waals surface area contributed by atoms with Gasteiger partial charge in [0.15, 0.2) is 0 Å². The molecule has 0 saturated carbocycles. The van der Waals surface area contributed by atoms with Crippen LogP contribution >= 0.6 is 0 Å². The van der Waals surface area contributed by atoms with Crippen molar-refractivity contribution < 1.29 is 4.74 Å². The van der Waals surface area contributed by atoms with Crippen LogP contribution in [0.4, 0.5) is 0 Å². The highest BCUT2D eigenvalue weighted by Gasteiger charge is 2.23. The molecule has 3 rings (SSSR count). The lowest BCUT2D eigenvalue weighted by Gasteiger charge is -2.28. The first-order valence-corrected chi connectivity index (χ1v) is 7.11. The fourth-order valence-electron chi connectivity index (χ4n) is 2.87. The van der Waals surface area contributed by atoms with E-state index < -0.39 is 0 Å². The molecule has 1 aromatic heterocycles. The fraction of sp³-hybridized carbons (Fsp3) is 0.353. The maximum absolute atomic E-state index is 5.81. The molecule has 1 aliphatic rings. The van der Waals surface area contributed by atoms with Crippen LogP contribution < -0.4 is 10.1 Å². The van der Waals surface area contributed by atoms with E-state index in [1.165, 1.54) is 16.7 Å². The predicted octanol–water partition coefficient (Wildman–Crippen LogP) is 3.31. The molecule has 20 heavy (non-hydrogen) atoms. The summed E-state index contributed by atoms with van der Waals surface area (Å²) in [5.41, 5.74) is 4.94. The number of pyridine rings is 1. The third-order valence-electron chi connectivity index (χ3n) is 3.76. The van der Waals surface area contributed by atoms with Gasteiger partial charge in [0.25, 0.3) is 0 Å². The summed E-state index contributed by atoms with van der Waals surface area (Å²) >= 11 is 0. The zero-order valence-corrected chi connectivity index (χ0v) is 12.0. The largest absolute Gasteiger partial charge is 0.493 e. The molecule has 3 heteroatoms. The number of aromatic nitrogens is 1. The Balaban J connectivity index is 1.80. The number of aryl methyl sites for hydroxylation is 2. The average Bonchev–Trinajstić information content (AvgIpc) is 2.45. The van der Waals surface area contributed by atoms with Crippen LogP contribution in [0.25, 0.3) is 0 Å². The van der Waals surface area contributed by atoms with Gasteiger partial charge in [-0.05, 0) is 43.2 Å². The van der Waals surface area contributed by atoms with Crippen molar-refractivity contribution in [3.63, 3.8) is 0 Å². The highest BCUT2D eigenvalue weighted by molar-refractivity contribution is 5.46. The van der Waals surface area contributed by atoms with E-state index in [4.69, 9.17) is 4.74 Å². The molecule has 1 unspecified atom stereocenters. The van der Waals surface area contributed by atoms with Gasteiger partial charge in [-0.1, -0.05) is 12.1 Å². The Bertz CT molecular complexity index is 595. The Labute approximate surface area is 120 Å². The summed E-state index contributed by atoms with van der Waals surface area (Å²) in [6.45, 7) is 5.84. The van der Waals surface area contributed by atoms with Gasteiger partial charge in [-0.25, -0.2) is 0 Å². The lowest BCUT2D eigenvalue weighted by molar-refractivity contribution is 0.251. The molecule has 0 bridgehead atoms. The molecule has 0 aliphatic carbocycles. The van der Waals surface area contributed by atoms with Crippen LogP contribution in [0.2, 0.25) is 0 Å². The lowest BCUT2D eigenvalue weighted by Crippen LogP contribution is -2.28. The van der Waals surface area contributed by atoms with Crippen molar-refractivity contribution in [3.05, 3.63) is 58.9 Å². The van der Waals surface area contributed by atoms with Gasteiger partial charge < -0.3 is 10.1 Å². The van der Waals surface area contributed by atoms with Gasteiger partial charge in [-0.3, -0.25) is 4.98 Å². The summed E-state index contributed by atoms with van der Waals surface area (Å²) in [6.07, 6.45) is 2.84. The number of ether oxygens (including phenoxy) is 1. The zero-order valence-electron chi connectivity index (χ0n) is 12.0. The average molecular weight is 268 g/mol. The van der Waals surface area contributed by atoms with Crippen molar-refractivity contribution in [3.8, 4) is 5.75 Å². The molecule has 0 spiro atoms. The number of nitrogens with zero attached hydrogens (tertiary/aromatic N) is 1. The molecule has 0 amide bonds. The van der Waals surface area contributed by atoms with Gasteiger partial charge in [0.1, 0.15) is 5.75 Å². The van der Waals surface area contributed by atoms with Crippen LogP contribution in [-0.4, -0.2) is 11.6 Å². The van der Waals surface area contributed by atoms with Crippen molar-refractivity contribution in [2.75, 3.05) is 6.61 Å². The van der Waals surface area contributed by atoms with Gasteiger partial charge in [0.05, 0.1) is 12.3 Å². The van der Waals surface area contributed by atoms with E-state index in [-0.39, 0.29) is 0 Å². The first-order chi connectivity index (χ1) is 9.74. The number of nitrogens with one attached hydrogen (secondary N) is 1. The lowest BCUT2D eigenvalue weighted by atomic mass is 9.94. The van der Waals surface area contributed by atoms with Crippen molar-refractivity contribution in [1.29, 1.82) is 0 Å². The van der Waals surface area contributed by atoms with Crippen LogP contribution in [0.15, 0.2) is 36.5 Å². The Hall–Kier alpha value is -1.87. The van der Waals surface area contributed by atoms with E-state index in [1.807, 2.05) is 18.3 Å². The Morgan fingerprint density at radius 1 is 1.30 bits per heavy atom.